The van der Waals surface area contributed by atoms with Crippen molar-refractivity contribution < 1.29 is 8.42 Å². The summed E-state index contributed by atoms with van der Waals surface area (Å²) in [5.74, 6) is 1.51. The minimum Gasteiger partial charge on any atom is -0.296 e. The van der Waals surface area contributed by atoms with Gasteiger partial charge < -0.3 is 0 Å². The first kappa shape index (κ1) is 14.5. The molecule has 108 valence electrons. The van der Waals surface area contributed by atoms with E-state index in [9.17, 15) is 8.42 Å². The third kappa shape index (κ3) is 4.28. The van der Waals surface area contributed by atoms with E-state index in [1.165, 1.54) is 6.26 Å². The van der Waals surface area contributed by atoms with Gasteiger partial charge in [-0.2, -0.15) is 5.10 Å². The van der Waals surface area contributed by atoms with Crippen LogP contribution in [0.1, 0.15) is 25.6 Å². The number of aryl methyl sites for hydroxylation is 1. The van der Waals surface area contributed by atoms with Gasteiger partial charge in [0, 0.05) is 19.3 Å². The standard InChI is InChI=1S/C12H22N4O2S/c1-3-16-12(13-10-14-16)8-15-6-4-5-11(7-15)9-19(2,17)18/h10-11H,3-9H2,1-2H3. The number of hydrogen-bond donors (Lipinski definition) is 0. The van der Waals surface area contributed by atoms with Crippen LogP contribution in [-0.2, 0) is 22.9 Å². The Balaban J connectivity index is 1.94. The molecule has 0 radical (unpaired) electrons. The smallest absolute Gasteiger partial charge is 0.147 e. The fourth-order valence-electron chi connectivity index (χ4n) is 2.73. The molecule has 0 bridgehead atoms. The molecule has 1 saturated heterocycles. The van der Waals surface area contributed by atoms with Gasteiger partial charge in [-0.3, -0.25) is 4.90 Å². The van der Waals surface area contributed by atoms with E-state index in [0.29, 0.717) is 5.75 Å². The summed E-state index contributed by atoms with van der Waals surface area (Å²) >= 11 is 0. The van der Waals surface area contributed by atoms with Crippen LogP contribution in [0.3, 0.4) is 0 Å². The maximum absolute atomic E-state index is 11.4. The first-order valence-electron chi connectivity index (χ1n) is 6.74. The highest BCUT2D eigenvalue weighted by Crippen LogP contribution is 2.19. The Bertz CT molecular complexity index is 512. The quantitative estimate of drug-likeness (QED) is 0.791. The average Bonchev–Trinajstić information content (AvgIpc) is 2.74. The van der Waals surface area contributed by atoms with Gasteiger partial charge in [-0.1, -0.05) is 0 Å². The van der Waals surface area contributed by atoms with Crippen molar-refractivity contribution >= 4 is 9.84 Å². The van der Waals surface area contributed by atoms with Gasteiger partial charge in [0.2, 0.25) is 0 Å². The lowest BCUT2D eigenvalue weighted by atomic mass is 10.0. The zero-order valence-corrected chi connectivity index (χ0v) is 12.4. The number of piperidine rings is 1. The fourth-order valence-corrected chi connectivity index (χ4v) is 3.86. The zero-order valence-electron chi connectivity index (χ0n) is 11.6. The van der Waals surface area contributed by atoms with Gasteiger partial charge in [-0.15, -0.1) is 0 Å². The maximum Gasteiger partial charge on any atom is 0.147 e. The van der Waals surface area contributed by atoms with Crippen molar-refractivity contribution in [1.82, 2.24) is 19.7 Å². The second kappa shape index (κ2) is 6.00. The van der Waals surface area contributed by atoms with Gasteiger partial charge >= 0.3 is 0 Å². The normalized spacial score (nSPS) is 21.7. The van der Waals surface area contributed by atoms with Crippen molar-refractivity contribution in [2.45, 2.75) is 32.9 Å². The predicted octanol–water partition coefficient (Wildman–Crippen LogP) is 0.555. The summed E-state index contributed by atoms with van der Waals surface area (Å²) in [5.41, 5.74) is 0. The monoisotopic (exact) mass is 286 g/mol. The van der Waals surface area contributed by atoms with E-state index >= 15 is 0 Å². The Labute approximate surface area is 114 Å². The van der Waals surface area contributed by atoms with Crippen LogP contribution in [0.2, 0.25) is 0 Å². The minimum atomic E-state index is -2.88. The summed E-state index contributed by atoms with van der Waals surface area (Å²) in [4.78, 5) is 6.56. The molecule has 6 nitrogen and oxygen atoms in total. The summed E-state index contributed by atoms with van der Waals surface area (Å²) in [7, 11) is -2.88. The van der Waals surface area contributed by atoms with E-state index in [2.05, 4.69) is 15.0 Å². The van der Waals surface area contributed by atoms with Gasteiger partial charge in [-0.05, 0) is 32.2 Å². The Hall–Kier alpha value is -0.950. The molecule has 1 aliphatic heterocycles. The van der Waals surface area contributed by atoms with Gasteiger partial charge in [0.05, 0.1) is 12.3 Å². The molecule has 1 aromatic heterocycles. The van der Waals surface area contributed by atoms with Crippen molar-refractivity contribution in [3.05, 3.63) is 12.2 Å². The molecule has 2 rings (SSSR count). The van der Waals surface area contributed by atoms with Crippen molar-refractivity contribution in [2.24, 2.45) is 5.92 Å². The molecular formula is C12H22N4O2S. The number of aromatic nitrogens is 3. The summed E-state index contributed by atoms with van der Waals surface area (Å²) < 4.78 is 24.6. The SMILES string of the molecule is CCn1ncnc1CN1CCCC(CS(C)(=O)=O)C1. The number of sulfone groups is 1. The molecule has 0 aromatic carbocycles. The van der Waals surface area contributed by atoms with Gasteiger partial charge in [0.15, 0.2) is 0 Å². The number of hydrogen-bond acceptors (Lipinski definition) is 5. The van der Waals surface area contributed by atoms with Crippen LogP contribution in [-0.4, -0.2) is 53.2 Å². The largest absolute Gasteiger partial charge is 0.296 e. The van der Waals surface area contributed by atoms with Crippen LogP contribution in [0.15, 0.2) is 6.33 Å². The van der Waals surface area contributed by atoms with Crippen LogP contribution in [0.25, 0.3) is 0 Å². The van der Waals surface area contributed by atoms with Crippen LogP contribution < -0.4 is 0 Å². The topological polar surface area (TPSA) is 68.1 Å². The maximum atomic E-state index is 11.4. The Morgan fingerprint density at radius 2 is 2.26 bits per heavy atom. The summed E-state index contributed by atoms with van der Waals surface area (Å²) in [6.07, 6.45) is 4.96. The van der Waals surface area contributed by atoms with Gasteiger partial charge in [-0.25, -0.2) is 18.1 Å². The second-order valence-corrected chi connectivity index (χ2v) is 7.51. The van der Waals surface area contributed by atoms with E-state index in [0.717, 1.165) is 44.8 Å². The Morgan fingerprint density at radius 3 is 2.95 bits per heavy atom. The highest BCUT2D eigenvalue weighted by atomic mass is 32.2. The Kier molecular flexibility index (Phi) is 4.57. The van der Waals surface area contributed by atoms with Crippen molar-refractivity contribution in [2.75, 3.05) is 25.1 Å². The first-order valence-corrected chi connectivity index (χ1v) is 8.80. The molecule has 1 unspecified atom stereocenters. The number of likely N-dealkylation sites (tertiary alicyclic amines) is 1. The molecule has 2 heterocycles. The van der Waals surface area contributed by atoms with E-state index in [1.807, 2.05) is 11.6 Å². The molecule has 1 fully saturated rings. The summed E-state index contributed by atoms with van der Waals surface area (Å²) in [6, 6.07) is 0. The molecule has 1 aliphatic rings. The van der Waals surface area contributed by atoms with Crippen LogP contribution >= 0.6 is 0 Å². The molecule has 0 aliphatic carbocycles. The van der Waals surface area contributed by atoms with E-state index < -0.39 is 9.84 Å². The van der Waals surface area contributed by atoms with E-state index in [-0.39, 0.29) is 5.92 Å². The van der Waals surface area contributed by atoms with Crippen molar-refractivity contribution in [1.29, 1.82) is 0 Å². The molecule has 0 amide bonds. The van der Waals surface area contributed by atoms with Crippen molar-refractivity contribution in [3.8, 4) is 0 Å². The fraction of sp³-hybridized carbons (Fsp3) is 0.833. The van der Waals surface area contributed by atoms with E-state index in [4.69, 9.17) is 0 Å². The molecular weight excluding hydrogens is 264 g/mol. The van der Waals surface area contributed by atoms with Gasteiger partial charge in [0.25, 0.3) is 0 Å². The lowest BCUT2D eigenvalue weighted by molar-refractivity contribution is 0.171. The molecule has 1 atom stereocenters. The molecule has 0 spiro atoms. The summed E-state index contributed by atoms with van der Waals surface area (Å²) in [6.45, 7) is 5.46. The summed E-state index contributed by atoms with van der Waals surface area (Å²) in [5, 5.41) is 4.16. The molecule has 0 saturated carbocycles. The third-order valence-corrected chi connectivity index (χ3v) is 4.58. The number of nitrogens with zero attached hydrogens (tertiary/aromatic N) is 4. The lowest BCUT2D eigenvalue weighted by Crippen LogP contribution is -2.38. The van der Waals surface area contributed by atoms with Crippen LogP contribution in [0.4, 0.5) is 0 Å². The Morgan fingerprint density at radius 1 is 1.47 bits per heavy atom. The molecule has 19 heavy (non-hydrogen) atoms. The highest BCUT2D eigenvalue weighted by Gasteiger charge is 2.24. The second-order valence-electron chi connectivity index (χ2n) is 5.33. The highest BCUT2D eigenvalue weighted by molar-refractivity contribution is 7.90. The average molecular weight is 286 g/mol. The first-order chi connectivity index (χ1) is 8.98. The van der Waals surface area contributed by atoms with Gasteiger partial charge in [0.1, 0.15) is 22.0 Å². The minimum absolute atomic E-state index is 0.252. The van der Waals surface area contributed by atoms with E-state index in [1.54, 1.807) is 6.33 Å². The zero-order chi connectivity index (χ0) is 13.9. The van der Waals surface area contributed by atoms with Crippen molar-refractivity contribution in [3.63, 3.8) is 0 Å². The molecule has 1 aromatic rings. The third-order valence-electron chi connectivity index (χ3n) is 3.50. The predicted molar refractivity (Wildman–Crippen MR) is 73.4 cm³/mol. The molecule has 0 N–H and O–H groups in total. The van der Waals surface area contributed by atoms with Crippen LogP contribution in [0.5, 0.6) is 0 Å². The van der Waals surface area contributed by atoms with Crippen LogP contribution in [0, 0.1) is 5.92 Å². The molecule has 7 heteroatoms. The number of rotatable bonds is 5. The lowest BCUT2D eigenvalue weighted by Gasteiger charge is -2.31.